The van der Waals surface area contributed by atoms with Gasteiger partial charge in [-0.3, -0.25) is 9.59 Å². The van der Waals surface area contributed by atoms with Crippen LogP contribution in [0.2, 0.25) is 0 Å². The normalized spacial score (nSPS) is 13.9. The number of carbonyl (C=O) groups is 1. The van der Waals surface area contributed by atoms with Crippen LogP contribution >= 0.6 is 0 Å². The number of nitrogens with zero attached hydrogens (tertiary/aromatic N) is 2. The number of hydrogen-bond donors (Lipinski definition) is 1. The highest BCUT2D eigenvalue weighted by Gasteiger charge is 2.20. The van der Waals surface area contributed by atoms with Gasteiger partial charge in [-0.1, -0.05) is 6.07 Å². The van der Waals surface area contributed by atoms with Gasteiger partial charge in [0, 0.05) is 37.1 Å². The van der Waals surface area contributed by atoms with E-state index in [1.807, 2.05) is 18.2 Å². The molecule has 0 aliphatic carbocycles. The Hall–Kier alpha value is -2.56. The van der Waals surface area contributed by atoms with Crippen molar-refractivity contribution in [3.8, 4) is 11.4 Å². The minimum Gasteiger partial charge on any atom is -0.503 e. The Morgan fingerprint density at radius 2 is 2.10 bits per heavy atom. The third-order valence-corrected chi connectivity index (χ3v) is 3.77. The van der Waals surface area contributed by atoms with Crippen molar-refractivity contribution in [3.05, 3.63) is 52.4 Å². The molecule has 1 amide bonds. The molecule has 0 atom stereocenters. The second-order valence-electron chi connectivity index (χ2n) is 5.19. The van der Waals surface area contributed by atoms with Gasteiger partial charge in [-0.05, 0) is 30.5 Å². The van der Waals surface area contributed by atoms with Gasteiger partial charge in [0.05, 0.1) is 6.20 Å². The molecule has 1 aliphatic heterocycles. The molecule has 0 spiro atoms. The van der Waals surface area contributed by atoms with Crippen LogP contribution in [-0.2, 0) is 11.2 Å². The minimum atomic E-state index is -0.408. The van der Waals surface area contributed by atoms with Crippen LogP contribution in [0.25, 0.3) is 5.69 Å². The van der Waals surface area contributed by atoms with Gasteiger partial charge in [0.1, 0.15) is 0 Å². The number of rotatable bonds is 1. The Labute approximate surface area is 122 Å². The van der Waals surface area contributed by atoms with Crippen LogP contribution in [0, 0.1) is 0 Å². The molecule has 3 rings (SSSR count). The maximum atomic E-state index is 11.7. The number of benzene rings is 1. The first-order chi connectivity index (χ1) is 10.1. The Bertz CT molecular complexity index is 764. The van der Waals surface area contributed by atoms with E-state index in [1.165, 1.54) is 12.3 Å². The number of fused-ring (bicyclic) bond motifs is 1. The predicted molar refractivity (Wildman–Crippen MR) is 80.1 cm³/mol. The summed E-state index contributed by atoms with van der Waals surface area (Å²) in [5, 5.41) is 9.54. The number of aromatic hydroxyl groups is 1. The van der Waals surface area contributed by atoms with Gasteiger partial charge in [-0.2, -0.15) is 0 Å². The SMILES string of the molecule is CC(=O)N1CCCc2ccc(-n3ccc(=O)c(O)c3)cc21. The maximum absolute atomic E-state index is 11.7. The largest absolute Gasteiger partial charge is 0.503 e. The van der Waals surface area contributed by atoms with Crippen LogP contribution in [0.1, 0.15) is 18.9 Å². The molecular formula is C16H16N2O3. The van der Waals surface area contributed by atoms with Crippen LogP contribution in [-0.4, -0.2) is 22.1 Å². The first-order valence-corrected chi connectivity index (χ1v) is 6.89. The van der Waals surface area contributed by atoms with E-state index >= 15 is 0 Å². The highest BCUT2D eigenvalue weighted by Crippen LogP contribution is 2.29. The lowest BCUT2D eigenvalue weighted by Crippen LogP contribution is -2.33. The van der Waals surface area contributed by atoms with Crippen LogP contribution in [0.3, 0.4) is 0 Å². The topological polar surface area (TPSA) is 62.5 Å². The van der Waals surface area contributed by atoms with Crippen molar-refractivity contribution in [2.45, 2.75) is 19.8 Å². The van der Waals surface area contributed by atoms with E-state index in [4.69, 9.17) is 0 Å². The van der Waals surface area contributed by atoms with Crippen molar-refractivity contribution in [3.63, 3.8) is 0 Å². The molecule has 0 unspecified atom stereocenters. The second kappa shape index (κ2) is 5.09. The Balaban J connectivity index is 2.09. The number of pyridine rings is 1. The van der Waals surface area contributed by atoms with Crippen LogP contribution in [0.5, 0.6) is 5.75 Å². The summed E-state index contributed by atoms with van der Waals surface area (Å²) in [6.45, 7) is 2.29. The number of aryl methyl sites for hydroxylation is 1. The summed E-state index contributed by atoms with van der Waals surface area (Å²) in [7, 11) is 0. The Kier molecular flexibility index (Phi) is 3.25. The Morgan fingerprint density at radius 1 is 1.29 bits per heavy atom. The molecule has 0 fully saturated rings. The molecule has 2 aromatic rings. The van der Waals surface area contributed by atoms with E-state index in [1.54, 1.807) is 22.6 Å². The summed E-state index contributed by atoms with van der Waals surface area (Å²) in [6.07, 6.45) is 4.90. The minimum absolute atomic E-state index is 0.0239. The summed E-state index contributed by atoms with van der Waals surface area (Å²) >= 11 is 0. The summed E-state index contributed by atoms with van der Waals surface area (Å²) in [5.41, 5.74) is 2.45. The molecule has 0 bridgehead atoms. The van der Waals surface area contributed by atoms with Gasteiger partial charge >= 0.3 is 0 Å². The average Bonchev–Trinajstić information content (AvgIpc) is 2.48. The van der Waals surface area contributed by atoms with E-state index in [2.05, 4.69) is 0 Å². The van der Waals surface area contributed by atoms with Crippen molar-refractivity contribution in [1.29, 1.82) is 0 Å². The van der Waals surface area contributed by atoms with Crippen molar-refractivity contribution in [2.24, 2.45) is 0 Å². The van der Waals surface area contributed by atoms with Crippen LogP contribution in [0.15, 0.2) is 41.5 Å². The van der Waals surface area contributed by atoms with Crippen LogP contribution in [0.4, 0.5) is 5.69 Å². The maximum Gasteiger partial charge on any atom is 0.223 e. The fourth-order valence-electron chi connectivity index (χ4n) is 2.68. The Morgan fingerprint density at radius 3 is 2.81 bits per heavy atom. The second-order valence-corrected chi connectivity index (χ2v) is 5.19. The van der Waals surface area contributed by atoms with E-state index in [0.29, 0.717) is 0 Å². The number of aromatic nitrogens is 1. The molecule has 5 nitrogen and oxygen atoms in total. The third-order valence-electron chi connectivity index (χ3n) is 3.77. The molecule has 0 saturated carbocycles. The third kappa shape index (κ3) is 2.42. The fraction of sp³-hybridized carbons (Fsp3) is 0.250. The molecule has 21 heavy (non-hydrogen) atoms. The van der Waals surface area contributed by atoms with Gasteiger partial charge in [0.2, 0.25) is 11.3 Å². The molecule has 1 N–H and O–H groups in total. The summed E-state index contributed by atoms with van der Waals surface area (Å²) in [6, 6.07) is 7.15. The zero-order chi connectivity index (χ0) is 15.0. The van der Waals surface area contributed by atoms with Gasteiger partial charge in [-0.15, -0.1) is 0 Å². The lowest BCUT2D eigenvalue weighted by Gasteiger charge is -2.29. The predicted octanol–water partition coefficient (Wildman–Crippen LogP) is 1.84. The molecule has 1 aliphatic rings. The number of amides is 1. The van der Waals surface area contributed by atoms with E-state index < -0.39 is 5.43 Å². The van der Waals surface area contributed by atoms with Crippen molar-refractivity contribution >= 4 is 11.6 Å². The molecule has 1 aromatic heterocycles. The highest BCUT2D eigenvalue weighted by molar-refractivity contribution is 5.93. The zero-order valence-corrected chi connectivity index (χ0v) is 11.7. The summed E-state index contributed by atoms with van der Waals surface area (Å²) < 4.78 is 1.67. The quantitative estimate of drug-likeness (QED) is 0.869. The monoisotopic (exact) mass is 284 g/mol. The van der Waals surface area contributed by atoms with Crippen molar-refractivity contribution in [2.75, 3.05) is 11.4 Å². The number of hydrogen-bond acceptors (Lipinski definition) is 3. The van der Waals surface area contributed by atoms with Crippen LogP contribution < -0.4 is 10.3 Å². The van der Waals surface area contributed by atoms with Gasteiger partial charge < -0.3 is 14.6 Å². The van der Waals surface area contributed by atoms with E-state index in [9.17, 15) is 14.7 Å². The lowest BCUT2D eigenvalue weighted by atomic mass is 10.0. The molecule has 5 heteroatoms. The molecule has 108 valence electrons. The summed E-state index contributed by atoms with van der Waals surface area (Å²) in [5.74, 6) is -0.269. The van der Waals surface area contributed by atoms with Gasteiger partial charge in [0.25, 0.3) is 0 Å². The zero-order valence-electron chi connectivity index (χ0n) is 11.7. The van der Waals surface area contributed by atoms with Gasteiger partial charge in [0.15, 0.2) is 5.75 Å². The number of carbonyl (C=O) groups excluding carboxylic acids is 1. The van der Waals surface area contributed by atoms with Crippen molar-refractivity contribution in [1.82, 2.24) is 4.57 Å². The van der Waals surface area contributed by atoms with Gasteiger partial charge in [-0.25, -0.2) is 0 Å². The first kappa shape index (κ1) is 13.4. The standard InChI is InChI=1S/C16H16N2O3/c1-11(19)18-7-2-3-12-4-5-13(9-14(12)18)17-8-6-15(20)16(21)10-17/h4-6,8-10,21H,2-3,7H2,1H3. The summed E-state index contributed by atoms with van der Waals surface area (Å²) in [4.78, 5) is 24.8. The molecule has 0 radical (unpaired) electrons. The first-order valence-electron chi connectivity index (χ1n) is 6.89. The molecule has 2 heterocycles. The fourth-order valence-corrected chi connectivity index (χ4v) is 2.68. The van der Waals surface area contributed by atoms with E-state index in [0.717, 1.165) is 36.3 Å². The lowest BCUT2D eigenvalue weighted by molar-refractivity contribution is -0.116. The van der Waals surface area contributed by atoms with Crippen molar-refractivity contribution < 1.29 is 9.90 Å². The smallest absolute Gasteiger partial charge is 0.223 e. The molecular weight excluding hydrogens is 268 g/mol. The number of anilines is 1. The highest BCUT2D eigenvalue weighted by atomic mass is 16.3. The van der Waals surface area contributed by atoms with E-state index in [-0.39, 0.29) is 11.7 Å². The molecule has 1 aromatic carbocycles. The molecule has 0 saturated heterocycles. The average molecular weight is 284 g/mol.